The first-order chi connectivity index (χ1) is 15.2. The average Bonchev–Trinajstić information content (AvgIpc) is 2.83. The molecule has 1 N–H and O–H groups in total. The van der Waals surface area contributed by atoms with E-state index in [1.54, 1.807) is 0 Å². The van der Waals surface area contributed by atoms with E-state index in [0.717, 1.165) is 64.7 Å². The van der Waals surface area contributed by atoms with E-state index in [1.807, 2.05) is 0 Å². The number of piperazine rings is 2. The van der Waals surface area contributed by atoms with Crippen molar-refractivity contribution < 1.29 is 0 Å². The van der Waals surface area contributed by atoms with Gasteiger partial charge in [0.05, 0.1) is 6.54 Å². The largest absolute Gasteiger partial charge is 0.357 e. The molecule has 6 heteroatoms. The van der Waals surface area contributed by atoms with Crippen LogP contribution >= 0.6 is 0 Å². The normalized spacial score (nSPS) is 21.8. The van der Waals surface area contributed by atoms with E-state index < -0.39 is 0 Å². The summed E-state index contributed by atoms with van der Waals surface area (Å²) in [6.45, 7) is 21.0. The Morgan fingerprint density at radius 2 is 1.55 bits per heavy atom. The highest BCUT2D eigenvalue weighted by Crippen LogP contribution is 2.25. The van der Waals surface area contributed by atoms with Crippen LogP contribution in [0.15, 0.2) is 35.3 Å². The Kier molecular flexibility index (Phi) is 9.62. The number of hydrogen-bond acceptors (Lipinski definition) is 4. The summed E-state index contributed by atoms with van der Waals surface area (Å²) >= 11 is 0. The summed E-state index contributed by atoms with van der Waals surface area (Å²) in [6.07, 6.45) is 1.15. The van der Waals surface area contributed by atoms with Gasteiger partial charge in [0.2, 0.25) is 0 Å². The van der Waals surface area contributed by atoms with Crippen molar-refractivity contribution in [2.24, 2.45) is 4.99 Å². The first-order valence-electron chi connectivity index (χ1n) is 12.4. The molecule has 1 aromatic rings. The maximum absolute atomic E-state index is 5.06. The zero-order valence-electron chi connectivity index (χ0n) is 20.3. The highest BCUT2D eigenvalue weighted by atomic mass is 15.4. The number of nitrogens with one attached hydrogen (secondary N) is 1. The van der Waals surface area contributed by atoms with Gasteiger partial charge in [-0.15, -0.1) is 0 Å². The number of likely N-dealkylation sites (N-methyl/N-ethyl adjacent to an activating group) is 1. The lowest BCUT2D eigenvalue weighted by atomic mass is 10.0. The van der Waals surface area contributed by atoms with Crippen molar-refractivity contribution in [3.63, 3.8) is 0 Å². The molecule has 0 aromatic heterocycles. The Morgan fingerprint density at radius 1 is 0.903 bits per heavy atom. The van der Waals surface area contributed by atoms with Crippen LogP contribution in [0.4, 0.5) is 0 Å². The first-order valence-corrected chi connectivity index (χ1v) is 12.4. The average molecular weight is 429 g/mol. The van der Waals surface area contributed by atoms with Crippen LogP contribution in [0.25, 0.3) is 0 Å². The van der Waals surface area contributed by atoms with Crippen LogP contribution in [0.5, 0.6) is 0 Å². The lowest BCUT2D eigenvalue weighted by molar-refractivity contribution is 0.108. The summed E-state index contributed by atoms with van der Waals surface area (Å²) in [4.78, 5) is 15.3. The lowest BCUT2D eigenvalue weighted by Gasteiger charge is -2.40. The van der Waals surface area contributed by atoms with Crippen molar-refractivity contribution in [3.8, 4) is 0 Å². The molecule has 0 aliphatic carbocycles. The van der Waals surface area contributed by atoms with Crippen molar-refractivity contribution in [1.82, 2.24) is 24.9 Å². The van der Waals surface area contributed by atoms with E-state index in [0.29, 0.717) is 12.1 Å². The second kappa shape index (κ2) is 12.4. The molecule has 6 nitrogen and oxygen atoms in total. The molecule has 2 aliphatic rings. The number of nitrogens with zero attached hydrogens (tertiary/aromatic N) is 5. The molecule has 174 valence electrons. The quantitative estimate of drug-likeness (QED) is 0.509. The van der Waals surface area contributed by atoms with Crippen LogP contribution in [0, 0.1) is 0 Å². The highest BCUT2D eigenvalue weighted by molar-refractivity contribution is 5.80. The third-order valence-electron chi connectivity index (χ3n) is 6.94. The zero-order valence-corrected chi connectivity index (χ0v) is 20.3. The van der Waals surface area contributed by atoms with Crippen LogP contribution in [-0.2, 0) is 0 Å². The Labute approximate surface area is 190 Å². The molecule has 0 spiro atoms. The van der Waals surface area contributed by atoms with Gasteiger partial charge in [0.25, 0.3) is 0 Å². The van der Waals surface area contributed by atoms with Crippen molar-refractivity contribution >= 4 is 5.96 Å². The van der Waals surface area contributed by atoms with E-state index >= 15 is 0 Å². The standard InChI is InChI=1S/C25H44N6/c1-5-24(23-11-9-8-10-12-23)30-17-19-31(20-18-30)25(26-6-2)27-21-22(4)29-15-13-28(7-3)14-16-29/h8-12,22,24H,5-7,13-21H2,1-4H3,(H,26,27). The van der Waals surface area contributed by atoms with E-state index in [2.05, 4.69) is 82.9 Å². The van der Waals surface area contributed by atoms with Gasteiger partial charge in [0.1, 0.15) is 0 Å². The van der Waals surface area contributed by atoms with Crippen molar-refractivity contribution in [2.45, 2.75) is 46.2 Å². The van der Waals surface area contributed by atoms with E-state index in [9.17, 15) is 0 Å². The van der Waals surface area contributed by atoms with Crippen LogP contribution < -0.4 is 5.32 Å². The molecule has 2 aliphatic heterocycles. The fourth-order valence-electron chi connectivity index (χ4n) is 4.91. The number of aliphatic imine (C=N–C) groups is 1. The molecule has 31 heavy (non-hydrogen) atoms. The second-order valence-electron chi connectivity index (χ2n) is 8.87. The zero-order chi connectivity index (χ0) is 22.1. The van der Waals surface area contributed by atoms with Crippen molar-refractivity contribution in [1.29, 1.82) is 0 Å². The van der Waals surface area contributed by atoms with Crippen LogP contribution in [0.1, 0.15) is 45.7 Å². The summed E-state index contributed by atoms with van der Waals surface area (Å²) in [5.74, 6) is 1.09. The molecule has 3 rings (SSSR count). The van der Waals surface area contributed by atoms with E-state index in [4.69, 9.17) is 4.99 Å². The van der Waals surface area contributed by atoms with Gasteiger partial charge in [0, 0.05) is 71.0 Å². The minimum Gasteiger partial charge on any atom is -0.357 e. The van der Waals surface area contributed by atoms with Gasteiger partial charge in [0.15, 0.2) is 5.96 Å². The molecular weight excluding hydrogens is 384 g/mol. The summed E-state index contributed by atoms with van der Waals surface area (Å²) in [5, 5.41) is 3.55. The molecule has 2 fully saturated rings. The first kappa shape index (κ1) is 24.0. The van der Waals surface area contributed by atoms with Gasteiger partial charge in [-0.25, -0.2) is 0 Å². The summed E-state index contributed by atoms with van der Waals surface area (Å²) in [5.41, 5.74) is 1.44. The molecule has 0 saturated carbocycles. The molecule has 2 heterocycles. The lowest BCUT2D eigenvalue weighted by Crippen LogP contribution is -2.53. The highest BCUT2D eigenvalue weighted by Gasteiger charge is 2.26. The summed E-state index contributed by atoms with van der Waals surface area (Å²) in [6, 6.07) is 12.0. The van der Waals surface area contributed by atoms with Crippen molar-refractivity contribution in [2.75, 3.05) is 72.0 Å². The van der Waals surface area contributed by atoms with Crippen molar-refractivity contribution in [3.05, 3.63) is 35.9 Å². The smallest absolute Gasteiger partial charge is 0.194 e. The molecule has 2 atom stereocenters. The molecule has 1 aromatic carbocycles. The van der Waals surface area contributed by atoms with Crippen LogP contribution in [-0.4, -0.2) is 104 Å². The maximum Gasteiger partial charge on any atom is 0.194 e. The number of hydrogen-bond donors (Lipinski definition) is 1. The van der Waals surface area contributed by atoms with E-state index in [-0.39, 0.29) is 0 Å². The Morgan fingerprint density at radius 3 is 2.13 bits per heavy atom. The third-order valence-corrected chi connectivity index (χ3v) is 6.94. The molecule has 0 amide bonds. The Bertz CT molecular complexity index is 647. The second-order valence-corrected chi connectivity index (χ2v) is 8.87. The summed E-state index contributed by atoms with van der Waals surface area (Å²) < 4.78 is 0. The molecule has 0 radical (unpaired) electrons. The van der Waals surface area contributed by atoms with Gasteiger partial charge in [-0.1, -0.05) is 44.2 Å². The number of rotatable bonds is 8. The topological polar surface area (TPSA) is 37.4 Å². The minimum atomic E-state index is 0.497. The third kappa shape index (κ3) is 6.67. The molecule has 2 saturated heterocycles. The fourth-order valence-corrected chi connectivity index (χ4v) is 4.91. The van der Waals surface area contributed by atoms with Gasteiger partial charge >= 0.3 is 0 Å². The number of benzene rings is 1. The van der Waals surface area contributed by atoms with Gasteiger partial charge in [-0.05, 0) is 32.4 Å². The Hall–Kier alpha value is -1.63. The predicted octanol–water partition coefficient (Wildman–Crippen LogP) is 2.75. The molecular formula is C25H44N6. The van der Waals surface area contributed by atoms with Gasteiger partial charge in [-0.2, -0.15) is 0 Å². The molecule has 0 bridgehead atoms. The van der Waals surface area contributed by atoms with Crippen LogP contribution in [0.2, 0.25) is 0 Å². The van der Waals surface area contributed by atoms with Gasteiger partial charge in [-0.3, -0.25) is 14.8 Å². The fraction of sp³-hybridized carbons (Fsp3) is 0.720. The maximum atomic E-state index is 5.06. The summed E-state index contributed by atoms with van der Waals surface area (Å²) in [7, 11) is 0. The monoisotopic (exact) mass is 428 g/mol. The SMILES string of the molecule is CCNC(=NCC(C)N1CCN(CC)CC1)N1CCN(C(CC)c2ccccc2)CC1. The van der Waals surface area contributed by atoms with E-state index in [1.165, 1.54) is 25.2 Å². The predicted molar refractivity (Wildman–Crippen MR) is 132 cm³/mol. The number of guanidine groups is 1. The molecule has 2 unspecified atom stereocenters. The van der Waals surface area contributed by atoms with Crippen LogP contribution in [0.3, 0.4) is 0 Å². The van der Waals surface area contributed by atoms with Gasteiger partial charge < -0.3 is 15.1 Å². The Balaban J connectivity index is 1.53. The minimum absolute atomic E-state index is 0.497.